The van der Waals surface area contributed by atoms with Crippen LogP contribution in [0.15, 0.2) is 84.0 Å². The summed E-state index contributed by atoms with van der Waals surface area (Å²) in [7, 11) is 0. The molecule has 5 rings (SSSR count). The van der Waals surface area contributed by atoms with Gasteiger partial charge in [0.15, 0.2) is 11.9 Å². The monoisotopic (exact) mass is 428 g/mol. The van der Waals surface area contributed by atoms with Gasteiger partial charge in [-0.15, -0.1) is 10.2 Å². The van der Waals surface area contributed by atoms with Crippen molar-refractivity contribution in [3.63, 3.8) is 0 Å². The molecule has 31 heavy (non-hydrogen) atoms. The van der Waals surface area contributed by atoms with E-state index in [2.05, 4.69) is 20.5 Å². The van der Waals surface area contributed by atoms with Crippen molar-refractivity contribution >= 4 is 17.4 Å². The second-order valence-electron chi connectivity index (χ2n) is 6.99. The molecule has 1 atom stereocenters. The molecule has 0 amide bonds. The van der Waals surface area contributed by atoms with Gasteiger partial charge < -0.3 is 14.8 Å². The molecule has 0 fully saturated rings. The van der Waals surface area contributed by atoms with Crippen LogP contribution in [0.2, 0.25) is 0 Å². The third-order valence-electron chi connectivity index (χ3n) is 4.93. The van der Waals surface area contributed by atoms with E-state index in [9.17, 15) is 0 Å². The van der Waals surface area contributed by atoms with Gasteiger partial charge in [0.25, 0.3) is 0 Å². The van der Waals surface area contributed by atoms with E-state index < -0.39 is 6.23 Å². The molecule has 1 aliphatic rings. The molecule has 1 aliphatic heterocycles. The highest BCUT2D eigenvalue weighted by Gasteiger charge is 2.26. The third-order valence-corrected chi connectivity index (χ3v) is 5.46. The summed E-state index contributed by atoms with van der Waals surface area (Å²) >= 11 is 1.43. The van der Waals surface area contributed by atoms with Gasteiger partial charge in [0, 0.05) is 16.8 Å². The standard InChI is InChI=1S/C24H20N4O2S/c1-31-24-26-23-21(27-28-24)19-12-5-6-13-20(19)25-22(30-23)17-10-7-11-18(14-17)29-15-16-8-3-2-4-9-16/h2-14,22,25H,15H2,1H3. The first-order chi connectivity index (χ1) is 15.3. The van der Waals surface area contributed by atoms with Crippen LogP contribution in [0.5, 0.6) is 11.6 Å². The summed E-state index contributed by atoms with van der Waals surface area (Å²) in [4.78, 5) is 4.56. The highest BCUT2D eigenvalue weighted by Crippen LogP contribution is 2.39. The highest BCUT2D eigenvalue weighted by molar-refractivity contribution is 7.98. The van der Waals surface area contributed by atoms with Gasteiger partial charge in [-0.1, -0.05) is 72.4 Å². The number of rotatable bonds is 5. The van der Waals surface area contributed by atoms with Crippen LogP contribution in [0.4, 0.5) is 5.69 Å². The molecule has 1 aromatic heterocycles. The Morgan fingerprint density at radius 2 is 1.81 bits per heavy atom. The molecule has 1 unspecified atom stereocenters. The Kier molecular flexibility index (Phi) is 5.41. The first-order valence-corrected chi connectivity index (χ1v) is 11.1. The van der Waals surface area contributed by atoms with Crippen molar-refractivity contribution in [3.8, 4) is 22.9 Å². The van der Waals surface area contributed by atoms with E-state index in [-0.39, 0.29) is 0 Å². The zero-order valence-electron chi connectivity index (χ0n) is 16.9. The van der Waals surface area contributed by atoms with Crippen molar-refractivity contribution < 1.29 is 9.47 Å². The van der Waals surface area contributed by atoms with Crippen LogP contribution < -0.4 is 14.8 Å². The topological polar surface area (TPSA) is 69.2 Å². The number of hydrogen-bond acceptors (Lipinski definition) is 7. The Balaban J connectivity index is 1.46. The molecule has 1 N–H and O–H groups in total. The fourth-order valence-electron chi connectivity index (χ4n) is 3.39. The van der Waals surface area contributed by atoms with Crippen LogP contribution in [0.3, 0.4) is 0 Å². The summed E-state index contributed by atoms with van der Waals surface area (Å²) in [5, 5.41) is 12.6. The van der Waals surface area contributed by atoms with Crippen molar-refractivity contribution in [1.82, 2.24) is 15.2 Å². The molecule has 6 nitrogen and oxygen atoms in total. The van der Waals surface area contributed by atoms with E-state index >= 15 is 0 Å². The number of benzene rings is 3. The maximum Gasteiger partial charge on any atom is 0.247 e. The molecule has 0 radical (unpaired) electrons. The lowest BCUT2D eigenvalue weighted by Crippen LogP contribution is -2.17. The Labute approximate surface area is 184 Å². The second kappa shape index (κ2) is 8.65. The Hall–Kier alpha value is -3.58. The third kappa shape index (κ3) is 4.18. The SMILES string of the molecule is CSc1nnc2c(n1)OC(c1cccc(OCc3ccccc3)c1)Nc1ccccc1-2. The van der Waals surface area contributed by atoms with Gasteiger partial charge in [-0.2, -0.15) is 4.98 Å². The number of ether oxygens (including phenoxy) is 2. The van der Waals surface area contributed by atoms with Gasteiger partial charge in [-0.05, 0) is 30.0 Å². The molecule has 4 aromatic rings. The average molecular weight is 429 g/mol. The number of nitrogens with zero attached hydrogens (tertiary/aromatic N) is 3. The fraction of sp³-hybridized carbons (Fsp3) is 0.125. The zero-order valence-corrected chi connectivity index (χ0v) is 17.7. The van der Waals surface area contributed by atoms with E-state index in [1.165, 1.54) is 11.8 Å². The predicted octanol–water partition coefficient (Wildman–Crippen LogP) is 5.34. The lowest BCUT2D eigenvalue weighted by molar-refractivity contribution is 0.224. The molecule has 2 heterocycles. The first kappa shape index (κ1) is 19.4. The maximum atomic E-state index is 6.29. The number of fused-ring (bicyclic) bond motifs is 3. The molecule has 0 saturated carbocycles. The Morgan fingerprint density at radius 3 is 2.68 bits per heavy atom. The summed E-state index contributed by atoms with van der Waals surface area (Å²) in [6.45, 7) is 0.503. The second-order valence-corrected chi connectivity index (χ2v) is 7.76. The van der Waals surface area contributed by atoms with Crippen molar-refractivity contribution in [2.45, 2.75) is 18.0 Å². The number of thioether (sulfide) groups is 1. The van der Waals surface area contributed by atoms with Crippen LogP contribution in [0, 0.1) is 0 Å². The highest BCUT2D eigenvalue weighted by atomic mass is 32.2. The Morgan fingerprint density at radius 1 is 0.968 bits per heavy atom. The van der Waals surface area contributed by atoms with Gasteiger partial charge in [0.05, 0.1) is 0 Å². The molecule has 0 bridgehead atoms. The smallest absolute Gasteiger partial charge is 0.247 e. The van der Waals surface area contributed by atoms with Gasteiger partial charge in [0.1, 0.15) is 12.4 Å². The predicted molar refractivity (Wildman–Crippen MR) is 121 cm³/mol. The van der Waals surface area contributed by atoms with Crippen molar-refractivity contribution in [2.24, 2.45) is 0 Å². The molecule has 3 aromatic carbocycles. The summed E-state index contributed by atoms with van der Waals surface area (Å²) in [6, 6.07) is 25.9. The van der Waals surface area contributed by atoms with E-state index in [0.717, 1.165) is 28.1 Å². The number of nitrogens with one attached hydrogen (secondary N) is 1. The molecule has 0 spiro atoms. The lowest BCUT2D eigenvalue weighted by Gasteiger charge is -2.20. The van der Waals surface area contributed by atoms with Gasteiger partial charge in [0.2, 0.25) is 11.0 Å². The number of hydrogen-bond donors (Lipinski definition) is 1. The van der Waals surface area contributed by atoms with Gasteiger partial charge in [-0.25, -0.2) is 0 Å². The summed E-state index contributed by atoms with van der Waals surface area (Å²) in [5.41, 5.74) is 4.49. The van der Waals surface area contributed by atoms with E-state index in [1.807, 2.05) is 85.1 Å². The van der Waals surface area contributed by atoms with E-state index in [1.54, 1.807) is 0 Å². The van der Waals surface area contributed by atoms with E-state index in [4.69, 9.17) is 9.47 Å². The molecular weight excluding hydrogens is 408 g/mol. The molecule has 0 saturated heterocycles. The van der Waals surface area contributed by atoms with Crippen LogP contribution in [0.25, 0.3) is 11.3 Å². The van der Waals surface area contributed by atoms with Crippen molar-refractivity contribution in [2.75, 3.05) is 11.6 Å². The van der Waals surface area contributed by atoms with E-state index in [0.29, 0.717) is 23.3 Å². The van der Waals surface area contributed by atoms with Crippen LogP contribution in [-0.2, 0) is 6.61 Å². The average Bonchev–Trinajstić information content (AvgIpc) is 3.00. The number of aromatic nitrogens is 3. The molecule has 0 aliphatic carbocycles. The minimum absolute atomic E-state index is 0.450. The maximum absolute atomic E-state index is 6.29. The minimum atomic E-state index is -0.450. The Bertz CT molecular complexity index is 1200. The summed E-state index contributed by atoms with van der Waals surface area (Å²) in [6.07, 6.45) is 1.46. The lowest BCUT2D eigenvalue weighted by atomic mass is 10.1. The normalized spacial score (nSPS) is 14.4. The summed E-state index contributed by atoms with van der Waals surface area (Å²) in [5.74, 6) is 1.23. The van der Waals surface area contributed by atoms with Crippen LogP contribution >= 0.6 is 11.8 Å². The first-order valence-electron chi connectivity index (χ1n) is 9.88. The van der Waals surface area contributed by atoms with Crippen molar-refractivity contribution in [1.29, 1.82) is 0 Å². The van der Waals surface area contributed by atoms with Gasteiger partial charge >= 0.3 is 0 Å². The van der Waals surface area contributed by atoms with Crippen LogP contribution in [0.1, 0.15) is 17.4 Å². The summed E-state index contributed by atoms with van der Waals surface area (Å²) < 4.78 is 12.3. The number of para-hydroxylation sites is 1. The van der Waals surface area contributed by atoms with Gasteiger partial charge in [-0.3, -0.25) is 0 Å². The minimum Gasteiger partial charge on any atom is -0.489 e. The molecule has 154 valence electrons. The number of anilines is 1. The van der Waals surface area contributed by atoms with Crippen molar-refractivity contribution in [3.05, 3.63) is 90.0 Å². The quantitative estimate of drug-likeness (QED) is 0.430. The largest absolute Gasteiger partial charge is 0.489 e. The molecule has 7 heteroatoms. The fourth-order valence-corrected chi connectivity index (χ4v) is 3.69. The molecular formula is C24H20N4O2S. The van der Waals surface area contributed by atoms with Crippen LogP contribution in [-0.4, -0.2) is 21.4 Å². The zero-order chi connectivity index (χ0) is 21.0.